The van der Waals surface area contributed by atoms with E-state index < -0.39 is 0 Å². The first-order chi connectivity index (χ1) is 8.65. The van der Waals surface area contributed by atoms with Crippen LogP contribution in [0.3, 0.4) is 0 Å². The Morgan fingerprint density at radius 1 is 1.33 bits per heavy atom. The fraction of sp³-hybridized carbons (Fsp3) is 0.500. The SMILES string of the molecule is CC1CCN(C(=O)NCc2ccc(N)cc2)CC1. The highest BCUT2D eigenvalue weighted by Gasteiger charge is 2.19. The van der Waals surface area contributed by atoms with Gasteiger partial charge in [-0.2, -0.15) is 0 Å². The molecule has 0 atom stereocenters. The van der Waals surface area contributed by atoms with E-state index in [9.17, 15) is 4.79 Å². The molecule has 18 heavy (non-hydrogen) atoms. The van der Waals surface area contributed by atoms with Crippen molar-refractivity contribution in [1.29, 1.82) is 0 Å². The van der Waals surface area contributed by atoms with Crippen LogP contribution in [-0.2, 0) is 6.54 Å². The second-order valence-corrected chi connectivity index (χ2v) is 5.07. The van der Waals surface area contributed by atoms with Gasteiger partial charge in [0.15, 0.2) is 0 Å². The number of amides is 2. The molecule has 1 saturated heterocycles. The monoisotopic (exact) mass is 247 g/mol. The first-order valence-electron chi connectivity index (χ1n) is 6.52. The number of likely N-dealkylation sites (tertiary alicyclic amines) is 1. The van der Waals surface area contributed by atoms with Crippen LogP contribution in [0.2, 0.25) is 0 Å². The van der Waals surface area contributed by atoms with Gasteiger partial charge in [0, 0.05) is 25.3 Å². The number of carbonyl (C=O) groups is 1. The number of anilines is 1. The molecule has 3 N–H and O–H groups in total. The largest absolute Gasteiger partial charge is 0.399 e. The van der Waals surface area contributed by atoms with Crippen molar-refractivity contribution >= 4 is 11.7 Å². The van der Waals surface area contributed by atoms with Gasteiger partial charge < -0.3 is 16.0 Å². The summed E-state index contributed by atoms with van der Waals surface area (Å²) in [7, 11) is 0. The average molecular weight is 247 g/mol. The number of rotatable bonds is 2. The number of piperidine rings is 1. The molecule has 4 heteroatoms. The molecule has 0 spiro atoms. The molecule has 1 heterocycles. The lowest BCUT2D eigenvalue weighted by Gasteiger charge is -2.30. The van der Waals surface area contributed by atoms with E-state index in [4.69, 9.17) is 5.73 Å². The number of nitrogens with two attached hydrogens (primary N) is 1. The maximum absolute atomic E-state index is 11.9. The highest BCUT2D eigenvalue weighted by atomic mass is 16.2. The van der Waals surface area contributed by atoms with Crippen molar-refractivity contribution in [3.05, 3.63) is 29.8 Å². The highest BCUT2D eigenvalue weighted by molar-refractivity contribution is 5.74. The van der Waals surface area contributed by atoms with E-state index in [2.05, 4.69) is 12.2 Å². The zero-order valence-electron chi connectivity index (χ0n) is 10.9. The number of nitrogen functional groups attached to an aromatic ring is 1. The summed E-state index contributed by atoms with van der Waals surface area (Å²) in [5.41, 5.74) is 7.43. The van der Waals surface area contributed by atoms with E-state index in [1.807, 2.05) is 29.2 Å². The molecule has 4 nitrogen and oxygen atoms in total. The van der Waals surface area contributed by atoms with Gasteiger partial charge in [-0.05, 0) is 36.5 Å². The van der Waals surface area contributed by atoms with Crippen molar-refractivity contribution in [2.24, 2.45) is 5.92 Å². The summed E-state index contributed by atoms with van der Waals surface area (Å²) >= 11 is 0. The first kappa shape index (κ1) is 12.7. The van der Waals surface area contributed by atoms with Crippen LogP contribution >= 0.6 is 0 Å². The van der Waals surface area contributed by atoms with Crippen molar-refractivity contribution in [3.63, 3.8) is 0 Å². The molecule has 0 unspecified atom stereocenters. The van der Waals surface area contributed by atoms with Crippen LogP contribution in [0, 0.1) is 5.92 Å². The Morgan fingerprint density at radius 3 is 2.56 bits per heavy atom. The number of hydrogen-bond donors (Lipinski definition) is 2. The van der Waals surface area contributed by atoms with Crippen LogP contribution in [0.15, 0.2) is 24.3 Å². The number of benzene rings is 1. The average Bonchev–Trinajstić information content (AvgIpc) is 2.38. The van der Waals surface area contributed by atoms with Crippen molar-refractivity contribution in [3.8, 4) is 0 Å². The fourth-order valence-corrected chi connectivity index (χ4v) is 2.14. The number of hydrogen-bond acceptors (Lipinski definition) is 2. The molecule has 1 fully saturated rings. The standard InChI is InChI=1S/C14H21N3O/c1-11-6-8-17(9-7-11)14(18)16-10-12-2-4-13(15)5-3-12/h2-5,11H,6-10,15H2,1H3,(H,16,18). The van der Waals surface area contributed by atoms with Crippen molar-refractivity contribution in [2.45, 2.75) is 26.3 Å². The molecule has 1 aliphatic rings. The number of urea groups is 1. The Kier molecular flexibility index (Phi) is 4.07. The smallest absolute Gasteiger partial charge is 0.317 e. The van der Waals surface area contributed by atoms with Crippen LogP contribution < -0.4 is 11.1 Å². The van der Waals surface area contributed by atoms with Crippen LogP contribution in [0.25, 0.3) is 0 Å². The summed E-state index contributed by atoms with van der Waals surface area (Å²) in [5.74, 6) is 0.742. The highest BCUT2D eigenvalue weighted by Crippen LogP contribution is 2.15. The molecule has 0 saturated carbocycles. The minimum Gasteiger partial charge on any atom is -0.399 e. The molecular formula is C14H21N3O. The van der Waals surface area contributed by atoms with E-state index in [-0.39, 0.29) is 6.03 Å². The van der Waals surface area contributed by atoms with Gasteiger partial charge in [-0.15, -0.1) is 0 Å². The molecule has 2 rings (SSSR count). The third kappa shape index (κ3) is 3.39. The molecule has 98 valence electrons. The van der Waals surface area contributed by atoms with Crippen molar-refractivity contribution in [1.82, 2.24) is 10.2 Å². The minimum absolute atomic E-state index is 0.0405. The van der Waals surface area contributed by atoms with Crippen molar-refractivity contribution < 1.29 is 4.79 Å². The maximum Gasteiger partial charge on any atom is 0.317 e. The summed E-state index contributed by atoms with van der Waals surface area (Å²) in [5, 5.41) is 2.95. The molecule has 1 aliphatic heterocycles. The Hall–Kier alpha value is -1.71. The molecule has 0 aliphatic carbocycles. The summed E-state index contributed by atoms with van der Waals surface area (Å²) in [4.78, 5) is 13.8. The normalized spacial score (nSPS) is 16.6. The Balaban J connectivity index is 1.79. The molecule has 1 aromatic carbocycles. The van der Waals surface area contributed by atoms with Gasteiger partial charge in [-0.1, -0.05) is 19.1 Å². The lowest BCUT2D eigenvalue weighted by Crippen LogP contribution is -2.43. The van der Waals surface area contributed by atoms with E-state index in [1.54, 1.807) is 0 Å². The van der Waals surface area contributed by atoms with E-state index >= 15 is 0 Å². The van der Waals surface area contributed by atoms with E-state index in [0.717, 1.165) is 43.1 Å². The quantitative estimate of drug-likeness (QED) is 0.787. The van der Waals surface area contributed by atoms with Crippen LogP contribution in [0.1, 0.15) is 25.3 Å². The Bertz CT molecular complexity index is 394. The summed E-state index contributed by atoms with van der Waals surface area (Å²) in [6.07, 6.45) is 2.21. The lowest BCUT2D eigenvalue weighted by molar-refractivity contribution is 0.173. The van der Waals surface area contributed by atoms with Gasteiger partial charge in [-0.25, -0.2) is 4.79 Å². The first-order valence-corrected chi connectivity index (χ1v) is 6.52. The Morgan fingerprint density at radius 2 is 1.94 bits per heavy atom. The third-order valence-electron chi connectivity index (χ3n) is 3.49. The minimum atomic E-state index is 0.0405. The van der Waals surface area contributed by atoms with Gasteiger partial charge in [0.1, 0.15) is 0 Å². The second kappa shape index (κ2) is 5.76. The lowest BCUT2D eigenvalue weighted by atomic mass is 10.00. The summed E-state index contributed by atoms with van der Waals surface area (Å²) < 4.78 is 0. The third-order valence-corrected chi connectivity index (χ3v) is 3.49. The topological polar surface area (TPSA) is 58.4 Å². The predicted octanol–water partition coefficient (Wildman–Crippen LogP) is 2.21. The van der Waals surface area contributed by atoms with Crippen LogP contribution in [0.5, 0.6) is 0 Å². The number of nitrogens with one attached hydrogen (secondary N) is 1. The molecular weight excluding hydrogens is 226 g/mol. The van der Waals surface area contributed by atoms with Gasteiger partial charge in [0.2, 0.25) is 0 Å². The van der Waals surface area contributed by atoms with Gasteiger partial charge >= 0.3 is 6.03 Å². The molecule has 0 bridgehead atoms. The van der Waals surface area contributed by atoms with Gasteiger partial charge in [0.25, 0.3) is 0 Å². The van der Waals surface area contributed by atoms with E-state index in [0.29, 0.717) is 6.54 Å². The van der Waals surface area contributed by atoms with Gasteiger partial charge in [-0.3, -0.25) is 0 Å². The zero-order chi connectivity index (χ0) is 13.0. The van der Waals surface area contributed by atoms with E-state index in [1.165, 1.54) is 0 Å². The predicted molar refractivity (Wildman–Crippen MR) is 73.1 cm³/mol. The fourth-order valence-electron chi connectivity index (χ4n) is 2.14. The van der Waals surface area contributed by atoms with Crippen molar-refractivity contribution in [2.75, 3.05) is 18.8 Å². The molecule has 0 aromatic heterocycles. The second-order valence-electron chi connectivity index (χ2n) is 5.07. The van der Waals surface area contributed by atoms with Crippen LogP contribution in [-0.4, -0.2) is 24.0 Å². The maximum atomic E-state index is 11.9. The molecule has 2 amide bonds. The summed E-state index contributed by atoms with van der Waals surface area (Å²) in [6.45, 7) is 4.54. The zero-order valence-corrected chi connectivity index (χ0v) is 10.9. The molecule has 1 aromatic rings. The molecule has 0 radical (unpaired) electrons. The number of carbonyl (C=O) groups excluding carboxylic acids is 1. The van der Waals surface area contributed by atoms with Gasteiger partial charge in [0.05, 0.1) is 0 Å². The van der Waals surface area contributed by atoms with Crippen LogP contribution in [0.4, 0.5) is 10.5 Å². The number of nitrogens with zero attached hydrogens (tertiary/aromatic N) is 1. The Labute approximate surface area is 108 Å². The summed E-state index contributed by atoms with van der Waals surface area (Å²) in [6, 6.07) is 7.62.